The fraction of sp³-hybridized carbons (Fsp3) is 0.280. The maximum Gasteiger partial charge on any atom is 0.290 e. The van der Waals surface area contributed by atoms with Gasteiger partial charge in [0.05, 0.1) is 11.6 Å². The van der Waals surface area contributed by atoms with Gasteiger partial charge in [0.15, 0.2) is 11.5 Å². The Morgan fingerprint density at radius 2 is 1.74 bits per heavy atom. The quantitative estimate of drug-likeness (QED) is 0.510. The van der Waals surface area contributed by atoms with Gasteiger partial charge in [0.1, 0.15) is 5.58 Å². The molecule has 2 heterocycles. The highest BCUT2D eigenvalue weighted by Gasteiger charge is 2.47. The Labute approximate surface area is 184 Å². The number of rotatable bonds is 4. The van der Waals surface area contributed by atoms with Crippen molar-refractivity contribution in [2.45, 2.75) is 44.2 Å². The van der Waals surface area contributed by atoms with E-state index in [1.807, 2.05) is 18.2 Å². The molecule has 1 aliphatic heterocycles. The molecule has 6 heteroatoms. The van der Waals surface area contributed by atoms with Crippen molar-refractivity contribution in [3.8, 4) is 0 Å². The molecule has 1 aromatic heterocycles. The Bertz CT molecular complexity index is 1150. The number of ketones is 1. The van der Waals surface area contributed by atoms with Crippen LogP contribution in [0.25, 0.3) is 11.0 Å². The summed E-state index contributed by atoms with van der Waals surface area (Å²) in [6.07, 6.45) is 4.89. The van der Waals surface area contributed by atoms with Crippen LogP contribution in [0.1, 0.15) is 54.3 Å². The van der Waals surface area contributed by atoms with Crippen molar-refractivity contribution in [3.05, 3.63) is 82.3 Å². The third-order valence-electron chi connectivity index (χ3n) is 6.29. The van der Waals surface area contributed by atoms with Crippen LogP contribution in [0.2, 0.25) is 5.02 Å². The van der Waals surface area contributed by atoms with Crippen LogP contribution in [0, 0.1) is 0 Å². The maximum atomic E-state index is 13.5. The molecule has 1 atom stereocenters. The van der Waals surface area contributed by atoms with Gasteiger partial charge < -0.3 is 14.4 Å². The number of hydrogen-bond donors (Lipinski definition) is 1. The third kappa shape index (κ3) is 3.43. The van der Waals surface area contributed by atoms with Gasteiger partial charge in [-0.05, 0) is 42.7 Å². The first kappa shape index (κ1) is 19.9. The summed E-state index contributed by atoms with van der Waals surface area (Å²) in [4.78, 5) is 28.4. The first-order chi connectivity index (χ1) is 15.0. The smallest absolute Gasteiger partial charge is 0.290 e. The third-order valence-corrected chi connectivity index (χ3v) is 6.54. The Morgan fingerprint density at radius 1 is 1.03 bits per heavy atom. The lowest BCUT2D eigenvalue weighted by molar-refractivity contribution is -0.132. The molecule has 5 rings (SSSR count). The first-order valence-electron chi connectivity index (χ1n) is 10.6. The molecule has 31 heavy (non-hydrogen) atoms. The highest BCUT2D eigenvalue weighted by Crippen LogP contribution is 2.43. The number of aliphatic hydroxyl groups is 1. The van der Waals surface area contributed by atoms with Gasteiger partial charge in [-0.1, -0.05) is 61.2 Å². The Kier molecular flexibility index (Phi) is 5.06. The fourth-order valence-electron chi connectivity index (χ4n) is 4.79. The van der Waals surface area contributed by atoms with E-state index in [0.29, 0.717) is 10.6 Å². The van der Waals surface area contributed by atoms with Crippen LogP contribution in [-0.4, -0.2) is 27.7 Å². The summed E-state index contributed by atoms with van der Waals surface area (Å²) in [6.45, 7) is 0. The van der Waals surface area contributed by atoms with E-state index >= 15 is 0 Å². The Morgan fingerprint density at radius 3 is 2.45 bits per heavy atom. The van der Waals surface area contributed by atoms with Gasteiger partial charge in [0.2, 0.25) is 5.78 Å². The number of amides is 1. The second-order valence-electron chi connectivity index (χ2n) is 8.20. The molecule has 1 amide bonds. The van der Waals surface area contributed by atoms with Gasteiger partial charge in [0.25, 0.3) is 5.91 Å². The van der Waals surface area contributed by atoms with Crippen molar-refractivity contribution < 1.29 is 19.1 Å². The predicted molar refractivity (Wildman–Crippen MR) is 118 cm³/mol. The molecule has 5 nitrogen and oxygen atoms in total. The average Bonchev–Trinajstić information content (AvgIpc) is 3.34. The van der Waals surface area contributed by atoms with Crippen molar-refractivity contribution >= 4 is 34.3 Å². The predicted octanol–water partition coefficient (Wildman–Crippen LogP) is 6.00. The van der Waals surface area contributed by atoms with Crippen LogP contribution in [0.4, 0.5) is 0 Å². The maximum absolute atomic E-state index is 13.5. The van der Waals surface area contributed by atoms with E-state index in [1.165, 1.54) is 0 Å². The lowest BCUT2D eigenvalue weighted by Crippen LogP contribution is -2.41. The zero-order valence-corrected chi connectivity index (χ0v) is 17.6. The van der Waals surface area contributed by atoms with Gasteiger partial charge in [0, 0.05) is 16.5 Å². The lowest BCUT2D eigenvalue weighted by Gasteiger charge is -2.36. The summed E-state index contributed by atoms with van der Waals surface area (Å²) in [5.41, 5.74) is 1.39. The van der Waals surface area contributed by atoms with Gasteiger partial charge >= 0.3 is 0 Å². The minimum atomic E-state index is -0.673. The van der Waals surface area contributed by atoms with Crippen molar-refractivity contribution in [1.82, 2.24) is 4.90 Å². The zero-order valence-electron chi connectivity index (χ0n) is 16.9. The molecular formula is C25H22ClNO4. The zero-order chi connectivity index (χ0) is 21.5. The molecule has 0 spiro atoms. The van der Waals surface area contributed by atoms with Crippen LogP contribution in [-0.2, 0) is 4.79 Å². The molecule has 3 aromatic rings. The molecule has 2 aliphatic rings. The molecule has 0 radical (unpaired) electrons. The van der Waals surface area contributed by atoms with Gasteiger partial charge in [-0.15, -0.1) is 0 Å². The topological polar surface area (TPSA) is 70.8 Å². The Hall–Kier alpha value is -3.05. The summed E-state index contributed by atoms with van der Waals surface area (Å²) >= 11 is 6.08. The van der Waals surface area contributed by atoms with E-state index in [9.17, 15) is 14.7 Å². The molecule has 0 bridgehead atoms. The number of carbonyl (C=O) groups excluding carboxylic acids is 2. The van der Waals surface area contributed by atoms with Crippen LogP contribution >= 0.6 is 11.6 Å². The number of benzene rings is 2. The Balaban J connectivity index is 1.61. The summed E-state index contributed by atoms with van der Waals surface area (Å²) in [5.74, 6) is -1.34. The number of aliphatic hydroxyl groups excluding tert-OH is 1. The number of carbonyl (C=O) groups is 2. The molecule has 1 N–H and O–H groups in total. The standard InChI is InChI=1S/C25H22ClNO4/c26-17-12-10-15(11-13-17)22-21(23(28)20-14-16-6-4-5-9-19(16)31-20)24(29)25(30)27(22)18-7-2-1-3-8-18/h4-6,9-14,18,22,29H,1-3,7-8H2. The van der Waals surface area contributed by atoms with E-state index in [-0.39, 0.29) is 17.4 Å². The number of nitrogens with zero attached hydrogens (tertiary/aromatic N) is 1. The monoisotopic (exact) mass is 435 g/mol. The molecule has 1 unspecified atom stereocenters. The van der Waals surface area contributed by atoms with E-state index in [4.69, 9.17) is 16.0 Å². The van der Waals surface area contributed by atoms with Gasteiger partial charge in [-0.25, -0.2) is 0 Å². The highest BCUT2D eigenvalue weighted by molar-refractivity contribution is 6.30. The van der Waals surface area contributed by atoms with Crippen LogP contribution in [0.3, 0.4) is 0 Å². The van der Waals surface area contributed by atoms with Crippen molar-refractivity contribution in [2.24, 2.45) is 0 Å². The van der Waals surface area contributed by atoms with Crippen molar-refractivity contribution in [3.63, 3.8) is 0 Å². The fourth-order valence-corrected chi connectivity index (χ4v) is 4.92. The van der Waals surface area contributed by atoms with Crippen molar-refractivity contribution in [1.29, 1.82) is 0 Å². The SMILES string of the molecule is O=C(C1=C(O)C(=O)N(C2CCCCC2)C1c1ccc(Cl)cc1)c1cc2ccccc2o1. The largest absolute Gasteiger partial charge is 0.503 e. The van der Waals surface area contributed by atoms with Gasteiger partial charge in [-0.2, -0.15) is 0 Å². The second-order valence-corrected chi connectivity index (χ2v) is 8.63. The molecular weight excluding hydrogens is 414 g/mol. The molecule has 1 saturated carbocycles. The number of Topliss-reactive ketones (excluding diaryl/α,β-unsaturated/α-hetero) is 1. The van der Waals surface area contributed by atoms with Gasteiger partial charge in [-0.3, -0.25) is 9.59 Å². The second kappa shape index (κ2) is 7.89. The van der Waals surface area contributed by atoms with E-state index in [2.05, 4.69) is 0 Å². The van der Waals surface area contributed by atoms with Crippen LogP contribution < -0.4 is 0 Å². The van der Waals surface area contributed by atoms with E-state index in [1.54, 1.807) is 41.3 Å². The van der Waals surface area contributed by atoms with Crippen LogP contribution in [0.5, 0.6) is 0 Å². The number of hydrogen-bond acceptors (Lipinski definition) is 4. The number of fused-ring (bicyclic) bond motifs is 1. The molecule has 1 fully saturated rings. The number of para-hydroxylation sites is 1. The summed E-state index contributed by atoms with van der Waals surface area (Å²) in [6, 6.07) is 15.4. The number of halogens is 1. The first-order valence-corrected chi connectivity index (χ1v) is 11.0. The van der Waals surface area contributed by atoms with Crippen molar-refractivity contribution in [2.75, 3.05) is 0 Å². The lowest BCUT2D eigenvalue weighted by atomic mass is 9.90. The van der Waals surface area contributed by atoms with E-state index < -0.39 is 23.5 Å². The average molecular weight is 436 g/mol. The highest BCUT2D eigenvalue weighted by atomic mass is 35.5. The molecule has 2 aromatic carbocycles. The summed E-state index contributed by atoms with van der Waals surface area (Å²) in [7, 11) is 0. The normalized spacial score (nSPS) is 20.1. The summed E-state index contributed by atoms with van der Waals surface area (Å²) in [5, 5.41) is 12.2. The molecule has 1 aliphatic carbocycles. The summed E-state index contributed by atoms with van der Waals surface area (Å²) < 4.78 is 5.76. The molecule has 0 saturated heterocycles. The van der Waals surface area contributed by atoms with Crippen LogP contribution in [0.15, 0.2) is 70.3 Å². The number of furan rings is 1. The minimum Gasteiger partial charge on any atom is -0.503 e. The minimum absolute atomic E-state index is 0.0231. The molecule has 158 valence electrons. The van der Waals surface area contributed by atoms with E-state index in [0.717, 1.165) is 43.1 Å².